The van der Waals surface area contributed by atoms with Crippen molar-refractivity contribution in [1.82, 2.24) is 9.55 Å². The number of fused-ring (bicyclic) bond motifs is 4. The van der Waals surface area contributed by atoms with E-state index in [9.17, 15) is 0 Å². The Bertz CT molecular complexity index is 2180. The molecule has 5 nitrogen and oxygen atoms in total. The average molecular weight is 591 g/mol. The van der Waals surface area contributed by atoms with Gasteiger partial charge in [-0.25, -0.2) is 10.0 Å². The van der Waals surface area contributed by atoms with Crippen LogP contribution in [-0.2, 0) is 4.94 Å². The Kier molecular flexibility index (Phi) is 6.40. The molecule has 0 amide bonds. The Morgan fingerprint density at radius 1 is 0.636 bits per heavy atom. The molecule has 2 aromatic heterocycles. The fourth-order valence-electron chi connectivity index (χ4n) is 6.33. The number of aromatic nitrogens is 2. The molecule has 5 aromatic carbocycles. The number of benzene rings is 5. The normalized spacial score (nSPS) is 12.8. The number of hydrogen-bond donors (Lipinski definition) is 0. The standard InChI is InChI=1S/C38H30N4OS/c1-25-10-8-11-26(2)38(25)27-20-21-39-37(22-27)41-33-15-5-4-14-31(33)32-19-18-30(24-36(32)41)44-29-13-9-12-28(23-29)42-35-17-7-6-16-34(35)40(3)43-42/h4-24H,1-3H3. The summed E-state index contributed by atoms with van der Waals surface area (Å²) < 4.78 is 2.30. The van der Waals surface area contributed by atoms with Crippen molar-refractivity contribution in [1.29, 1.82) is 0 Å². The highest BCUT2D eigenvalue weighted by Crippen LogP contribution is 2.42. The zero-order valence-electron chi connectivity index (χ0n) is 24.7. The number of aryl methyl sites for hydroxylation is 2. The Hall–Kier alpha value is -5.04. The van der Waals surface area contributed by atoms with Crippen molar-refractivity contribution in [3.63, 3.8) is 0 Å². The number of anilines is 3. The zero-order valence-corrected chi connectivity index (χ0v) is 25.5. The SMILES string of the molecule is Cc1cccc(C)c1-c1ccnc(-n2c3ccccc3c3ccc(Sc4cccc(N5ON(C)c6ccccc65)c4)cc32)c1. The van der Waals surface area contributed by atoms with Gasteiger partial charge in [0.25, 0.3) is 0 Å². The van der Waals surface area contributed by atoms with Gasteiger partial charge in [-0.1, -0.05) is 72.4 Å². The van der Waals surface area contributed by atoms with Crippen molar-refractivity contribution >= 4 is 50.6 Å². The first kappa shape index (κ1) is 26.6. The number of para-hydroxylation sites is 3. The lowest BCUT2D eigenvalue weighted by atomic mass is 9.96. The molecule has 0 unspecified atom stereocenters. The van der Waals surface area contributed by atoms with E-state index in [0.29, 0.717) is 0 Å². The summed E-state index contributed by atoms with van der Waals surface area (Å²) in [6, 6.07) is 42.8. The molecule has 6 heteroatoms. The van der Waals surface area contributed by atoms with Crippen molar-refractivity contribution < 1.29 is 4.94 Å². The van der Waals surface area contributed by atoms with Crippen LogP contribution in [0.15, 0.2) is 137 Å². The van der Waals surface area contributed by atoms with Gasteiger partial charge in [0.2, 0.25) is 0 Å². The second-order valence-corrected chi connectivity index (χ2v) is 12.3. The lowest BCUT2D eigenvalue weighted by molar-refractivity contribution is 0.142. The molecule has 0 aliphatic carbocycles. The number of pyridine rings is 1. The maximum atomic E-state index is 6.08. The minimum atomic E-state index is 0.912. The maximum Gasteiger partial charge on any atom is 0.138 e. The van der Waals surface area contributed by atoms with E-state index < -0.39 is 0 Å². The summed E-state index contributed by atoms with van der Waals surface area (Å²) in [5.74, 6) is 0.912. The first-order valence-electron chi connectivity index (χ1n) is 14.7. The van der Waals surface area contributed by atoms with E-state index in [2.05, 4.69) is 128 Å². The largest absolute Gasteiger partial charge is 0.294 e. The Morgan fingerprint density at radius 3 is 2.23 bits per heavy atom. The number of nitrogens with zero attached hydrogens (tertiary/aromatic N) is 4. The van der Waals surface area contributed by atoms with Gasteiger partial charge in [-0.15, -0.1) is 4.94 Å². The fraction of sp³-hybridized carbons (Fsp3) is 0.0789. The predicted octanol–water partition coefficient (Wildman–Crippen LogP) is 10.0. The lowest BCUT2D eigenvalue weighted by Gasteiger charge is -2.18. The van der Waals surface area contributed by atoms with Crippen LogP contribution in [0.25, 0.3) is 38.8 Å². The molecule has 3 heterocycles. The molecule has 1 aliphatic rings. The van der Waals surface area contributed by atoms with E-state index in [4.69, 9.17) is 9.92 Å². The average Bonchev–Trinajstić information content (AvgIpc) is 3.56. The fourth-order valence-corrected chi connectivity index (χ4v) is 7.24. The summed E-state index contributed by atoms with van der Waals surface area (Å²) in [4.78, 5) is 13.3. The van der Waals surface area contributed by atoms with Crippen LogP contribution in [-0.4, -0.2) is 16.6 Å². The molecule has 214 valence electrons. The Labute approximate surface area is 260 Å². The third kappa shape index (κ3) is 4.42. The molecule has 0 saturated heterocycles. The van der Waals surface area contributed by atoms with Crippen LogP contribution in [0.1, 0.15) is 11.1 Å². The van der Waals surface area contributed by atoms with Crippen LogP contribution in [0, 0.1) is 13.8 Å². The minimum absolute atomic E-state index is 0.912. The molecule has 0 saturated carbocycles. The van der Waals surface area contributed by atoms with E-state index >= 15 is 0 Å². The van der Waals surface area contributed by atoms with Gasteiger partial charge >= 0.3 is 0 Å². The van der Waals surface area contributed by atoms with Crippen molar-refractivity contribution in [3.05, 3.63) is 139 Å². The van der Waals surface area contributed by atoms with Crippen LogP contribution in [0.5, 0.6) is 0 Å². The minimum Gasteiger partial charge on any atom is -0.294 e. The maximum absolute atomic E-state index is 6.08. The van der Waals surface area contributed by atoms with Gasteiger partial charge in [0.1, 0.15) is 5.82 Å². The van der Waals surface area contributed by atoms with Gasteiger partial charge in [-0.05, 0) is 96.8 Å². The molecular weight excluding hydrogens is 561 g/mol. The summed E-state index contributed by atoms with van der Waals surface area (Å²) in [5, 5.41) is 6.11. The van der Waals surface area contributed by atoms with Crippen molar-refractivity contribution in [2.75, 3.05) is 17.2 Å². The summed E-state index contributed by atoms with van der Waals surface area (Å²) in [5.41, 5.74) is 10.3. The second-order valence-electron chi connectivity index (χ2n) is 11.2. The van der Waals surface area contributed by atoms with Gasteiger partial charge in [-0.3, -0.25) is 4.57 Å². The first-order valence-corrected chi connectivity index (χ1v) is 15.5. The highest BCUT2D eigenvalue weighted by atomic mass is 32.2. The quantitative estimate of drug-likeness (QED) is 0.199. The van der Waals surface area contributed by atoms with E-state index in [1.165, 1.54) is 33.0 Å². The molecule has 8 rings (SSSR count). The first-order chi connectivity index (χ1) is 21.5. The molecular formula is C38H30N4OS. The van der Waals surface area contributed by atoms with Gasteiger partial charge in [0.15, 0.2) is 0 Å². The summed E-state index contributed by atoms with van der Waals surface area (Å²) in [6.45, 7) is 4.35. The summed E-state index contributed by atoms with van der Waals surface area (Å²) in [6.07, 6.45) is 1.93. The summed E-state index contributed by atoms with van der Waals surface area (Å²) >= 11 is 1.75. The molecule has 7 aromatic rings. The topological polar surface area (TPSA) is 33.5 Å². The van der Waals surface area contributed by atoms with Crippen LogP contribution in [0.3, 0.4) is 0 Å². The van der Waals surface area contributed by atoms with E-state index in [1.54, 1.807) is 16.8 Å². The molecule has 0 fully saturated rings. The lowest BCUT2D eigenvalue weighted by Crippen LogP contribution is -2.20. The highest BCUT2D eigenvalue weighted by Gasteiger charge is 2.26. The number of rotatable bonds is 5. The monoisotopic (exact) mass is 590 g/mol. The van der Waals surface area contributed by atoms with Gasteiger partial charge in [0.05, 0.1) is 28.1 Å². The molecule has 0 atom stereocenters. The summed E-state index contributed by atoms with van der Waals surface area (Å²) in [7, 11) is 1.93. The van der Waals surface area contributed by atoms with Gasteiger partial charge in [0, 0.05) is 33.8 Å². The third-order valence-corrected chi connectivity index (χ3v) is 9.30. The van der Waals surface area contributed by atoms with E-state index in [1.807, 2.05) is 30.4 Å². The Morgan fingerprint density at radius 2 is 1.36 bits per heavy atom. The molecule has 0 N–H and O–H groups in total. The molecule has 0 bridgehead atoms. The van der Waals surface area contributed by atoms with Crippen molar-refractivity contribution in [2.24, 2.45) is 0 Å². The van der Waals surface area contributed by atoms with Gasteiger partial charge < -0.3 is 0 Å². The molecule has 0 spiro atoms. The third-order valence-electron chi connectivity index (χ3n) is 8.32. The smallest absolute Gasteiger partial charge is 0.138 e. The van der Waals surface area contributed by atoms with Crippen molar-refractivity contribution in [3.8, 4) is 16.9 Å². The predicted molar refractivity (Wildman–Crippen MR) is 182 cm³/mol. The number of hydroxylamine groups is 1. The zero-order chi connectivity index (χ0) is 29.8. The van der Waals surface area contributed by atoms with Crippen LogP contribution in [0.4, 0.5) is 17.1 Å². The van der Waals surface area contributed by atoms with Crippen LogP contribution in [0.2, 0.25) is 0 Å². The number of hydrogen-bond acceptors (Lipinski definition) is 5. The van der Waals surface area contributed by atoms with Crippen LogP contribution >= 0.6 is 11.8 Å². The molecule has 1 aliphatic heterocycles. The van der Waals surface area contributed by atoms with E-state index in [0.717, 1.165) is 43.7 Å². The molecule has 44 heavy (non-hydrogen) atoms. The van der Waals surface area contributed by atoms with Crippen molar-refractivity contribution in [2.45, 2.75) is 23.6 Å². The van der Waals surface area contributed by atoms with E-state index in [-0.39, 0.29) is 0 Å². The van der Waals surface area contributed by atoms with Crippen LogP contribution < -0.4 is 10.1 Å². The Balaban J connectivity index is 1.21. The second kappa shape index (κ2) is 10.6. The highest BCUT2D eigenvalue weighted by molar-refractivity contribution is 7.99. The van der Waals surface area contributed by atoms with Gasteiger partial charge in [-0.2, -0.15) is 5.06 Å². The molecule has 0 radical (unpaired) electrons.